The lowest BCUT2D eigenvalue weighted by atomic mass is 9.97. The van der Waals surface area contributed by atoms with Crippen LogP contribution in [0.15, 0.2) is 0 Å². The van der Waals surface area contributed by atoms with Crippen LogP contribution in [0.25, 0.3) is 0 Å². The predicted octanol–water partition coefficient (Wildman–Crippen LogP) is 2.96. The Bertz CT molecular complexity index is 106. The molecule has 1 nitrogen and oxygen atoms in total. The van der Waals surface area contributed by atoms with Crippen molar-refractivity contribution >= 4 is 11.6 Å². The van der Waals surface area contributed by atoms with Gasteiger partial charge in [0.1, 0.15) is 0 Å². The molecular formula is C9H17ClO. The summed E-state index contributed by atoms with van der Waals surface area (Å²) in [7, 11) is 0. The van der Waals surface area contributed by atoms with E-state index in [0.717, 1.165) is 25.9 Å². The highest BCUT2D eigenvalue weighted by Gasteiger charge is 2.22. The molecule has 0 amide bonds. The molecule has 0 heterocycles. The van der Waals surface area contributed by atoms with E-state index in [2.05, 4.69) is 6.92 Å². The van der Waals surface area contributed by atoms with E-state index in [9.17, 15) is 0 Å². The van der Waals surface area contributed by atoms with Gasteiger partial charge in [0.05, 0.1) is 11.5 Å². The lowest BCUT2D eigenvalue weighted by Crippen LogP contribution is -2.28. The third-order valence-corrected chi connectivity index (χ3v) is 2.66. The van der Waals surface area contributed by atoms with E-state index in [4.69, 9.17) is 16.3 Å². The molecule has 11 heavy (non-hydrogen) atoms. The lowest BCUT2D eigenvalue weighted by Gasteiger charge is -2.26. The predicted molar refractivity (Wildman–Crippen MR) is 48.1 cm³/mol. The minimum atomic E-state index is 0.273. The molecule has 2 atom stereocenters. The third-order valence-electron chi connectivity index (χ3n) is 2.16. The van der Waals surface area contributed by atoms with Crippen molar-refractivity contribution in [3.8, 4) is 0 Å². The smallest absolute Gasteiger partial charge is 0.0738 e. The van der Waals surface area contributed by atoms with Crippen LogP contribution in [0.5, 0.6) is 0 Å². The highest BCUT2D eigenvalue weighted by molar-refractivity contribution is 6.21. The molecule has 2 heteroatoms. The van der Waals surface area contributed by atoms with Crippen LogP contribution in [-0.4, -0.2) is 18.1 Å². The third kappa shape index (κ3) is 3.00. The number of ether oxygens (including phenoxy) is 1. The fraction of sp³-hybridized carbons (Fsp3) is 1.00. The van der Waals surface area contributed by atoms with Crippen LogP contribution in [-0.2, 0) is 4.74 Å². The maximum Gasteiger partial charge on any atom is 0.0738 e. The van der Waals surface area contributed by atoms with Crippen LogP contribution in [0.3, 0.4) is 0 Å². The Balaban J connectivity index is 2.18. The van der Waals surface area contributed by atoms with E-state index in [-0.39, 0.29) is 5.38 Å². The Morgan fingerprint density at radius 2 is 2.09 bits per heavy atom. The Hall–Kier alpha value is 0.250. The van der Waals surface area contributed by atoms with Gasteiger partial charge in [-0.2, -0.15) is 0 Å². The van der Waals surface area contributed by atoms with E-state index >= 15 is 0 Å². The van der Waals surface area contributed by atoms with Crippen molar-refractivity contribution in [2.24, 2.45) is 0 Å². The quantitative estimate of drug-likeness (QED) is 0.601. The average Bonchev–Trinajstić information content (AvgIpc) is 2.03. The highest BCUT2D eigenvalue weighted by atomic mass is 35.5. The van der Waals surface area contributed by atoms with Crippen molar-refractivity contribution in [1.82, 2.24) is 0 Å². The SMILES string of the molecule is CCCOC1CCCC[C@@H]1Cl. The molecule has 0 spiro atoms. The Kier molecular flexibility index (Phi) is 4.24. The van der Waals surface area contributed by atoms with E-state index in [0.29, 0.717) is 6.10 Å². The summed E-state index contributed by atoms with van der Waals surface area (Å²) in [5, 5.41) is 0.273. The van der Waals surface area contributed by atoms with Crippen molar-refractivity contribution < 1.29 is 4.74 Å². The number of halogens is 1. The minimum absolute atomic E-state index is 0.273. The first kappa shape index (κ1) is 9.34. The second kappa shape index (κ2) is 5.00. The van der Waals surface area contributed by atoms with Gasteiger partial charge in [0.2, 0.25) is 0 Å². The van der Waals surface area contributed by atoms with Gasteiger partial charge in [-0.25, -0.2) is 0 Å². The van der Waals surface area contributed by atoms with Crippen molar-refractivity contribution in [3.63, 3.8) is 0 Å². The van der Waals surface area contributed by atoms with Gasteiger partial charge in [-0.05, 0) is 19.3 Å². The van der Waals surface area contributed by atoms with E-state index in [1.807, 2.05) is 0 Å². The number of alkyl halides is 1. The highest BCUT2D eigenvalue weighted by Crippen LogP contribution is 2.25. The molecule has 0 aromatic rings. The zero-order chi connectivity index (χ0) is 8.10. The van der Waals surface area contributed by atoms with Crippen LogP contribution in [0, 0.1) is 0 Å². The van der Waals surface area contributed by atoms with Gasteiger partial charge in [0, 0.05) is 6.61 Å². The van der Waals surface area contributed by atoms with Gasteiger partial charge in [-0.15, -0.1) is 11.6 Å². The zero-order valence-electron chi connectivity index (χ0n) is 7.18. The molecule has 1 saturated carbocycles. The van der Waals surface area contributed by atoms with E-state index in [1.165, 1.54) is 12.8 Å². The second-order valence-electron chi connectivity index (χ2n) is 3.21. The van der Waals surface area contributed by atoms with Crippen LogP contribution in [0.1, 0.15) is 39.0 Å². The number of rotatable bonds is 3. The van der Waals surface area contributed by atoms with Gasteiger partial charge in [0.15, 0.2) is 0 Å². The first-order valence-electron chi connectivity index (χ1n) is 4.60. The molecule has 1 rings (SSSR count). The maximum atomic E-state index is 6.09. The summed E-state index contributed by atoms with van der Waals surface area (Å²) in [6, 6.07) is 0. The van der Waals surface area contributed by atoms with Gasteiger partial charge in [-0.3, -0.25) is 0 Å². The molecule has 66 valence electrons. The molecule has 0 bridgehead atoms. The molecule has 1 aliphatic carbocycles. The van der Waals surface area contributed by atoms with Crippen molar-refractivity contribution in [1.29, 1.82) is 0 Å². The van der Waals surface area contributed by atoms with Crippen molar-refractivity contribution in [3.05, 3.63) is 0 Å². The average molecular weight is 177 g/mol. The summed E-state index contributed by atoms with van der Waals surface area (Å²) in [6.45, 7) is 3.00. The van der Waals surface area contributed by atoms with Crippen LogP contribution >= 0.6 is 11.6 Å². The molecule has 0 N–H and O–H groups in total. The largest absolute Gasteiger partial charge is 0.377 e. The first-order chi connectivity index (χ1) is 5.34. The van der Waals surface area contributed by atoms with Crippen molar-refractivity contribution in [2.45, 2.75) is 50.5 Å². The summed E-state index contributed by atoms with van der Waals surface area (Å²) in [5.74, 6) is 0. The topological polar surface area (TPSA) is 9.23 Å². The van der Waals surface area contributed by atoms with Crippen molar-refractivity contribution in [2.75, 3.05) is 6.61 Å². The molecule has 0 radical (unpaired) electrons. The second-order valence-corrected chi connectivity index (χ2v) is 3.77. The monoisotopic (exact) mass is 176 g/mol. The first-order valence-corrected chi connectivity index (χ1v) is 5.04. The van der Waals surface area contributed by atoms with Gasteiger partial charge < -0.3 is 4.74 Å². The standard InChI is InChI=1S/C9H17ClO/c1-2-7-11-9-6-4-3-5-8(9)10/h8-9H,2-7H2,1H3/t8-,9?/m0/s1. The van der Waals surface area contributed by atoms with Gasteiger partial charge in [-0.1, -0.05) is 19.8 Å². The lowest BCUT2D eigenvalue weighted by molar-refractivity contribution is 0.0319. The number of hydrogen-bond donors (Lipinski definition) is 0. The fourth-order valence-electron chi connectivity index (χ4n) is 1.51. The Morgan fingerprint density at radius 1 is 1.36 bits per heavy atom. The summed E-state index contributed by atoms with van der Waals surface area (Å²) in [6.07, 6.45) is 6.30. The summed E-state index contributed by atoms with van der Waals surface area (Å²) in [4.78, 5) is 0. The molecule has 1 aliphatic rings. The minimum Gasteiger partial charge on any atom is -0.377 e. The molecule has 0 saturated heterocycles. The summed E-state index contributed by atoms with van der Waals surface area (Å²) >= 11 is 6.09. The molecule has 1 fully saturated rings. The van der Waals surface area contributed by atoms with Crippen LogP contribution in [0.2, 0.25) is 0 Å². The summed E-state index contributed by atoms with van der Waals surface area (Å²) in [5.41, 5.74) is 0. The summed E-state index contributed by atoms with van der Waals surface area (Å²) < 4.78 is 5.61. The normalized spacial score (nSPS) is 32.2. The van der Waals surface area contributed by atoms with Gasteiger partial charge >= 0.3 is 0 Å². The van der Waals surface area contributed by atoms with Crippen LogP contribution < -0.4 is 0 Å². The molecular weight excluding hydrogens is 160 g/mol. The van der Waals surface area contributed by atoms with Gasteiger partial charge in [0.25, 0.3) is 0 Å². The number of hydrogen-bond acceptors (Lipinski definition) is 1. The Morgan fingerprint density at radius 3 is 2.73 bits per heavy atom. The molecule has 1 unspecified atom stereocenters. The van der Waals surface area contributed by atoms with E-state index < -0.39 is 0 Å². The Labute approximate surface area is 74.1 Å². The van der Waals surface area contributed by atoms with E-state index in [1.54, 1.807) is 0 Å². The van der Waals surface area contributed by atoms with Crippen LogP contribution in [0.4, 0.5) is 0 Å². The molecule has 0 aromatic heterocycles. The molecule has 0 aliphatic heterocycles. The molecule has 0 aromatic carbocycles. The maximum absolute atomic E-state index is 6.09. The fourth-order valence-corrected chi connectivity index (χ4v) is 1.86. The zero-order valence-corrected chi connectivity index (χ0v) is 7.94.